The summed E-state index contributed by atoms with van der Waals surface area (Å²) in [7, 11) is -3.55. The van der Waals surface area contributed by atoms with Crippen LogP contribution in [0.2, 0.25) is 0 Å². The molecule has 3 aromatic rings. The van der Waals surface area contributed by atoms with Crippen molar-refractivity contribution in [3.63, 3.8) is 0 Å². The Kier molecular flexibility index (Phi) is 7.45. The molecule has 34 heavy (non-hydrogen) atoms. The molecular formula is C25H27N3O4S2. The largest absolute Gasteiger partial charge is 0.345 e. The number of thiophene rings is 1. The monoisotopic (exact) mass is 497 g/mol. The normalized spacial score (nSPS) is 15.6. The van der Waals surface area contributed by atoms with Gasteiger partial charge in [-0.2, -0.15) is 4.31 Å². The van der Waals surface area contributed by atoms with Crippen LogP contribution in [0.25, 0.3) is 0 Å². The molecule has 1 aromatic heterocycles. The summed E-state index contributed by atoms with van der Waals surface area (Å²) in [5.41, 5.74) is 1.37. The van der Waals surface area contributed by atoms with Gasteiger partial charge in [-0.15, -0.1) is 11.3 Å². The van der Waals surface area contributed by atoms with E-state index in [0.29, 0.717) is 22.9 Å². The van der Waals surface area contributed by atoms with Gasteiger partial charge in [0.25, 0.3) is 15.9 Å². The number of amides is 2. The van der Waals surface area contributed by atoms with E-state index >= 15 is 0 Å². The summed E-state index contributed by atoms with van der Waals surface area (Å²) in [5.74, 6) is -0.365. The highest BCUT2D eigenvalue weighted by molar-refractivity contribution is 7.91. The van der Waals surface area contributed by atoms with E-state index in [9.17, 15) is 18.0 Å². The van der Waals surface area contributed by atoms with Gasteiger partial charge in [-0.3, -0.25) is 9.59 Å². The van der Waals surface area contributed by atoms with Gasteiger partial charge in [0, 0.05) is 36.6 Å². The second kappa shape index (κ2) is 10.5. The lowest BCUT2D eigenvalue weighted by atomic mass is 10.0. The molecular weight excluding hydrogens is 470 g/mol. The van der Waals surface area contributed by atoms with Crippen LogP contribution in [0.5, 0.6) is 0 Å². The maximum Gasteiger partial charge on any atom is 0.252 e. The van der Waals surface area contributed by atoms with Crippen LogP contribution in [0, 0.1) is 6.92 Å². The topological polar surface area (TPSA) is 86.8 Å². The summed E-state index contributed by atoms with van der Waals surface area (Å²) < 4.78 is 27.5. The molecule has 0 spiro atoms. The predicted molar refractivity (Wildman–Crippen MR) is 132 cm³/mol. The van der Waals surface area contributed by atoms with E-state index in [-0.39, 0.29) is 31.3 Å². The van der Waals surface area contributed by atoms with Gasteiger partial charge in [0.15, 0.2) is 0 Å². The molecule has 178 valence electrons. The fraction of sp³-hybridized carbons (Fsp3) is 0.280. The third-order valence-electron chi connectivity index (χ3n) is 5.82. The lowest BCUT2D eigenvalue weighted by molar-refractivity contribution is -0.132. The summed E-state index contributed by atoms with van der Waals surface area (Å²) >= 11 is 1.25. The zero-order valence-corrected chi connectivity index (χ0v) is 20.5. The van der Waals surface area contributed by atoms with Gasteiger partial charge in [-0.1, -0.05) is 48.5 Å². The number of carbonyl (C=O) groups is 2. The fourth-order valence-electron chi connectivity index (χ4n) is 3.93. The molecule has 1 fully saturated rings. The molecule has 2 aromatic carbocycles. The molecule has 1 saturated heterocycles. The van der Waals surface area contributed by atoms with Crippen LogP contribution in [0.4, 0.5) is 0 Å². The lowest BCUT2D eigenvalue weighted by Crippen LogP contribution is -2.51. The second-order valence-corrected chi connectivity index (χ2v) is 11.6. The zero-order valence-electron chi connectivity index (χ0n) is 18.9. The Balaban J connectivity index is 1.41. The molecule has 0 saturated carbocycles. The van der Waals surface area contributed by atoms with Crippen LogP contribution in [-0.2, 0) is 14.8 Å². The minimum Gasteiger partial charge on any atom is -0.345 e. The maximum absolute atomic E-state index is 13.1. The summed E-state index contributed by atoms with van der Waals surface area (Å²) in [5, 5.41) is 2.99. The Morgan fingerprint density at radius 3 is 2.12 bits per heavy atom. The molecule has 4 rings (SSSR count). The first-order chi connectivity index (χ1) is 16.3. The molecule has 0 bridgehead atoms. The Morgan fingerprint density at radius 1 is 0.912 bits per heavy atom. The second-order valence-electron chi connectivity index (χ2n) is 8.16. The average Bonchev–Trinajstić information content (AvgIpc) is 3.32. The van der Waals surface area contributed by atoms with Crippen molar-refractivity contribution >= 4 is 33.2 Å². The van der Waals surface area contributed by atoms with Crippen molar-refractivity contribution in [1.29, 1.82) is 0 Å². The molecule has 1 N–H and O–H groups in total. The van der Waals surface area contributed by atoms with Crippen LogP contribution in [0.1, 0.15) is 33.3 Å². The van der Waals surface area contributed by atoms with Crippen molar-refractivity contribution in [2.75, 3.05) is 26.2 Å². The van der Waals surface area contributed by atoms with Crippen molar-refractivity contribution in [3.05, 3.63) is 88.8 Å². The fourth-order valence-corrected chi connectivity index (χ4v) is 6.79. The number of sulfonamides is 1. The quantitative estimate of drug-likeness (QED) is 0.542. The van der Waals surface area contributed by atoms with Crippen LogP contribution in [0.3, 0.4) is 0 Å². The Bertz CT molecular complexity index is 1240. The number of aryl methyl sites for hydroxylation is 1. The average molecular weight is 498 g/mol. The molecule has 2 amide bonds. The number of benzene rings is 2. The van der Waals surface area contributed by atoms with E-state index in [1.54, 1.807) is 41.3 Å². The van der Waals surface area contributed by atoms with Gasteiger partial charge in [0.1, 0.15) is 4.21 Å². The molecule has 1 unspecified atom stereocenters. The molecule has 7 nitrogen and oxygen atoms in total. The van der Waals surface area contributed by atoms with Gasteiger partial charge in [0.05, 0.1) is 12.5 Å². The maximum atomic E-state index is 13.1. The Morgan fingerprint density at radius 2 is 1.53 bits per heavy atom. The molecule has 1 aliphatic rings. The third kappa shape index (κ3) is 5.55. The standard InChI is InChI=1S/C25H27N3O4S2/c1-19-12-13-24(33-19)34(31,32)28-16-14-27(15-17-28)23(29)18-22(20-8-4-2-5-9-20)26-25(30)21-10-6-3-7-11-21/h2-13,22H,14-18H2,1H3,(H,26,30). The lowest BCUT2D eigenvalue weighted by Gasteiger charge is -2.34. The number of carbonyl (C=O) groups excluding carboxylic acids is 2. The van der Waals surface area contributed by atoms with Gasteiger partial charge in [0.2, 0.25) is 5.91 Å². The first kappa shape index (κ1) is 24.1. The van der Waals surface area contributed by atoms with Gasteiger partial charge in [-0.25, -0.2) is 8.42 Å². The zero-order chi connectivity index (χ0) is 24.1. The van der Waals surface area contributed by atoms with Gasteiger partial charge >= 0.3 is 0 Å². The SMILES string of the molecule is Cc1ccc(S(=O)(=O)N2CCN(C(=O)CC(NC(=O)c3ccccc3)c3ccccc3)CC2)s1. The Hall–Kier alpha value is -3.01. The third-order valence-corrected chi connectivity index (χ3v) is 9.19. The molecule has 0 aliphatic carbocycles. The van der Waals surface area contributed by atoms with E-state index in [1.807, 2.05) is 43.3 Å². The van der Waals surface area contributed by atoms with E-state index in [1.165, 1.54) is 15.6 Å². The minimum absolute atomic E-state index is 0.0967. The number of piperazine rings is 1. The first-order valence-corrected chi connectivity index (χ1v) is 13.4. The molecule has 9 heteroatoms. The minimum atomic E-state index is -3.55. The number of hydrogen-bond acceptors (Lipinski definition) is 5. The highest BCUT2D eigenvalue weighted by atomic mass is 32.2. The molecule has 0 radical (unpaired) electrons. The van der Waals surface area contributed by atoms with Crippen molar-refractivity contribution in [2.45, 2.75) is 23.6 Å². The summed E-state index contributed by atoms with van der Waals surface area (Å²) in [6, 6.07) is 21.2. The van der Waals surface area contributed by atoms with Crippen LogP contribution >= 0.6 is 11.3 Å². The molecule has 1 atom stereocenters. The van der Waals surface area contributed by atoms with Crippen molar-refractivity contribution in [1.82, 2.24) is 14.5 Å². The molecule has 2 heterocycles. The smallest absolute Gasteiger partial charge is 0.252 e. The van der Waals surface area contributed by atoms with Crippen molar-refractivity contribution < 1.29 is 18.0 Å². The van der Waals surface area contributed by atoms with Crippen LogP contribution in [0.15, 0.2) is 77.0 Å². The number of rotatable bonds is 7. The van der Waals surface area contributed by atoms with E-state index in [2.05, 4.69) is 5.32 Å². The van der Waals surface area contributed by atoms with Gasteiger partial charge < -0.3 is 10.2 Å². The van der Waals surface area contributed by atoms with Crippen LogP contribution < -0.4 is 5.32 Å². The Labute approximate surface area is 204 Å². The highest BCUT2D eigenvalue weighted by Crippen LogP contribution is 2.26. The van der Waals surface area contributed by atoms with Gasteiger partial charge in [-0.05, 0) is 36.8 Å². The predicted octanol–water partition coefficient (Wildman–Crippen LogP) is 3.45. The number of hydrogen-bond donors (Lipinski definition) is 1. The number of nitrogens with zero attached hydrogens (tertiary/aromatic N) is 2. The van der Waals surface area contributed by atoms with Crippen LogP contribution in [-0.4, -0.2) is 55.6 Å². The summed E-state index contributed by atoms with van der Waals surface area (Å²) in [6.45, 7) is 3.00. The van der Waals surface area contributed by atoms with Crippen molar-refractivity contribution in [3.8, 4) is 0 Å². The van der Waals surface area contributed by atoms with E-state index in [0.717, 1.165) is 10.4 Å². The summed E-state index contributed by atoms with van der Waals surface area (Å²) in [6.07, 6.45) is 0.0967. The number of nitrogens with one attached hydrogen (secondary N) is 1. The summed E-state index contributed by atoms with van der Waals surface area (Å²) in [4.78, 5) is 28.5. The van der Waals surface area contributed by atoms with Crippen molar-refractivity contribution in [2.24, 2.45) is 0 Å². The van der Waals surface area contributed by atoms with E-state index < -0.39 is 16.1 Å². The highest BCUT2D eigenvalue weighted by Gasteiger charge is 2.32. The van der Waals surface area contributed by atoms with E-state index in [4.69, 9.17) is 0 Å². The first-order valence-electron chi connectivity index (χ1n) is 11.1. The molecule has 1 aliphatic heterocycles.